The van der Waals surface area contributed by atoms with Crippen LogP contribution in [0.2, 0.25) is 0 Å². The molecule has 2 unspecified atom stereocenters. The average molecular weight is 262 g/mol. The highest BCUT2D eigenvalue weighted by Crippen LogP contribution is 2.07. The van der Waals surface area contributed by atoms with E-state index in [1.165, 1.54) is 6.08 Å². The van der Waals surface area contributed by atoms with Crippen LogP contribution in [0.1, 0.15) is 6.92 Å². The molecule has 0 saturated carbocycles. The fraction of sp³-hybridized carbons (Fsp3) is 0.556. The molecule has 96 valence electrons. The third-order valence-corrected chi connectivity index (χ3v) is 3.48. The molecular formula is C9H14N2O5S. The third-order valence-electron chi connectivity index (χ3n) is 2.08. The average Bonchev–Trinajstić information content (AvgIpc) is 2.57. The maximum atomic E-state index is 11.5. The van der Waals surface area contributed by atoms with Crippen molar-refractivity contribution in [2.75, 3.05) is 12.4 Å². The van der Waals surface area contributed by atoms with Gasteiger partial charge >= 0.3 is 5.97 Å². The first-order chi connectivity index (χ1) is 7.85. The Morgan fingerprint density at radius 1 is 1.59 bits per heavy atom. The smallest absolute Gasteiger partial charge is 0.332 e. The lowest BCUT2D eigenvalue weighted by Gasteiger charge is -2.14. The zero-order chi connectivity index (χ0) is 13.1. The van der Waals surface area contributed by atoms with Gasteiger partial charge in [0.05, 0.1) is 18.4 Å². The Balaban J connectivity index is 2.51. The predicted molar refractivity (Wildman–Crippen MR) is 59.5 cm³/mol. The number of hydrogen-bond acceptors (Lipinski definition) is 6. The van der Waals surface area contributed by atoms with Gasteiger partial charge in [0.15, 0.2) is 15.9 Å². The van der Waals surface area contributed by atoms with Gasteiger partial charge in [-0.2, -0.15) is 0 Å². The summed E-state index contributed by atoms with van der Waals surface area (Å²) in [7, 11) is -3.25. The van der Waals surface area contributed by atoms with Gasteiger partial charge in [-0.1, -0.05) is 0 Å². The second-order valence-electron chi connectivity index (χ2n) is 3.50. The van der Waals surface area contributed by atoms with E-state index in [0.29, 0.717) is 0 Å². The molecule has 2 atom stereocenters. The van der Waals surface area contributed by atoms with Crippen molar-refractivity contribution in [2.45, 2.75) is 19.0 Å². The zero-order valence-corrected chi connectivity index (χ0v) is 10.1. The minimum atomic E-state index is -3.25. The Kier molecular flexibility index (Phi) is 4.24. The number of ether oxygens (including phenoxy) is 1. The van der Waals surface area contributed by atoms with Gasteiger partial charge in [-0.05, 0) is 13.0 Å². The molecule has 0 bridgehead atoms. The van der Waals surface area contributed by atoms with Crippen LogP contribution in [0.4, 0.5) is 0 Å². The summed E-state index contributed by atoms with van der Waals surface area (Å²) in [5.74, 6) is -1.81. The molecule has 0 radical (unpaired) electrons. The van der Waals surface area contributed by atoms with E-state index in [2.05, 4.69) is 10.1 Å². The number of carbonyl (C=O) groups is 2. The van der Waals surface area contributed by atoms with Gasteiger partial charge in [-0.25, -0.2) is 13.2 Å². The highest BCUT2D eigenvalue weighted by atomic mass is 32.2. The predicted octanol–water partition coefficient (Wildman–Crippen LogP) is -1.70. The SMILES string of the molecule is CCOC(=O)C(N)C(=O)NC1C=CS(=O)(=O)C1. The van der Waals surface area contributed by atoms with Gasteiger partial charge in [0.1, 0.15) is 0 Å². The number of amides is 1. The zero-order valence-electron chi connectivity index (χ0n) is 9.25. The first-order valence-corrected chi connectivity index (χ1v) is 6.71. The molecule has 3 N–H and O–H groups in total. The van der Waals surface area contributed by atoms with E-state index in [4.69, 9.17) is 5.73 Å². The Bertz CT molecular complexity index is 442. The molecule has 17 heavy (non-hydrogen) atoms. The van der Waals surface area contributed by atoms with E-state index >= 15 is 0 Å². The van der Waals surface area contributed by atoms with Crippen molar-refractivity contribution in [3.63, 3.8) is 0 Å². The molecule has 0 aromatic carbocycles. The van der Waals surface area contributed by atoms with Crippen molar-refractivity contribution >= 4 is 21.7 Å². The number of nitrogens with one attached hydrogen (secondary N) is 1. The van der Waals surface area contributed by atoms with Gasteiger partial charge in [-0.3, -0.25) is 4.79 Å². The normalized spacial score (nSPS) is 23.1. The van der Waals surface area contributed by atoms with Crippen LogP contribution in [-0.2, 0) is 24.2 Å². The Morgan fingerprint density at radius 3 is 2.71 bits per heavy atom. The van der Waals surface area contributed by atoms with Gasteiger partial charge in [-0.15, -0.1) is 0 Å². The third kappa shape index (κ3) is 3.82. The highest BCUT2D eigenvalue weighted by molar-refractivity contribution is 7.94. The van der Waals surface area contributed by atoms with Gasteiger partial charge in [0, 0.05) is 5.41 Å². The molecule has 0 aromatic heterocycles. The number of sulfone groups is 1. The summed E-state index contributed by atoms with van der Waals surface area (Å²) in [4.78, 5) is 22.6. The lowest BCUT2D eigenvalue weighted by molar-refractivity contribution is -0.148. The van der Waals surface area contributed by atoms with E-state index in [-0.39, 0.29) is 12.4 Å². The Morgan fingerprint density at radius 2 is 2.24 bits per heavy atom. The lowest BCUT2D eigenvalue weighted by atomic mass is 10.2. The van der Waals surface area contributed by atoms with Crippen LogP contribution in [0, 0.1) is 0 Å². The summed E-state index contributed by atoms with van der Waals surface area (Å²) >= 11 is 0. The molecule has 7 nitrogen and oxygen atoms in total. The van der Waals surface area contributed by atoms with Crippen molar-refractivity contribution < 1.29 is 22.7 Å². The number of nitrogens with two attached hydrogens (primary N) is 1. The maximum Gasteiger partial charge on any atom is 0.332 e. The molecular weight excluding hydrogens is 248 g/mol. The van der Waals surface area contributed by atoms with E-state index in [0.717, 1.165) is 5.41 Å². The molecule has 8 heteroatoms. The summed E-state index contributed by atoms with van der Waals surface area (Å²) in [6, 6.07) is -2.08. The highest BCUT2D eigenvalue weighted by Gasteiger charge is 2.28. The topological polar surface area (TPSA) is 116 Å². The second-order valence-corrected chi connectivity index (χ2v) is 5.43. The summed E-state index contributed by atoms with van der Waals surface area (Å²) < 4.78 is 26.7. The molecule has 0 aliphatic carbocycles. The fourth-order valence-electron chi connectivity index (χ4n) is 1.28. The van der Waals surface area contributed by atoms with E-state index in [9.17, 15) is 18.0 Å². The summed E-state index contributed by atoms with van der Waals surface area (Å²) in [6.45, 7) is 1.71. The van der Waals surface area contributed by atoms with Crippen molar-refractivity contribution in [3.8, 4) is 0 Å². The molecule has 1 aliphatic rings. The Hall–Kier alpha value is -1.41. The molecule has 1 aliphatic heterocycles. The van der Waals surface area contributed by atoms with Crippen molar-refractivity contribution in [1.29, 1.82) is 0 Å². The van der Waals surface area contributed by atoms with Gasteiger partial charge in [0.25, 0.3) is 0 Å². The van der Waals surface area contributed by atoms with Crippen LogP contribution in [0.3, 0.4) is 0 Å². The van der Waals surface area contributed by atoms with Crippen molar-refractivity contribution in [1.82, 2.24) is 5.32 Å². The molecule has 0 saturated heterocycles. The molecule has 1 amide bonds. The minimum absolute atomic E-state index is 0.123. The maximum absolute atomic E-state index is 11.5. The van der Waals surface area contributed by atoms with Gasteiger partial charge < -0.3 is 15.8 Å². The minimum Gasteiger partial charge on any atom is -0.464 e. The van der Waals surface area contributed by atoms with Crippen molar-refractivity contribution in [2.24, 2.45) is 5.73 Å². The molecule has 0 aromatic rings. The van der Waals surface area contributed by atoms with E-state index < -0.39 is 33.8 Å². The first kappa shape index (κ1) is 13.7. The molecule has 0 spiro atoms. The largest absolute Gasteiger partial charge is 0.464 e. The summed E-state index contributed by atoms with van der Waals surface area (Å²) in [5, 5.41) is 3.36. The number of carbonyl (C=O) groups excluding carboxylic acids is 2. The molecule has 0 fully saturated rings. The quantitative estimate of drug-likeness (QED) is 0.461. The Labute approximate surface area is 98.9 Å². The lowest BCUT2D eigenvalue weighted by Crippen LogP contribution is -2.50. The summed E-state index contributed by atoms with van der Waals surface area (Å²) in [5.41, 5.74) is 5.33. The summed E-state index contributed by atoms with van der Waals surface area (Å²) in [6.07, 6.45) is 1.34. The van der Waals surface area contributed by atoms with Crippen LogP contribution < -0.4 is 11.1 Å². The molecule has 1 rings (SSSR count). The monoisotopic (exact) mass is 262 g/mol. The van der Waals surface area contributed by atoms with Crippen LogP contribution >= 0.6 is 0 Å². The second kappa shape index (κ2) is 5.28. The number of hydrogen-bond donors (Lipinski definition) is 2. The van der Waals surface area contributed by atoms with Crippen LogP contribution in [-0.4, -0.2) is 44.7 Å². The number of rotatable bonds is 4. The first-order valence-electron chi connectivity index (χ1n) is 4.99. The number of esters is 1. The van der Waals surface area contributed by atoms with Crippen LogP contribution in [0.5, 0.6) is 0 Å². The standard InChI is InChI=1S/C9H14N2O5S/c1-2-16-9(13)7(10)8(12)11-6-3-4-17(14,15)5-6/h3-4,6-7H,2,5,10H2,1H3,(H,11,12). The van der Waals surface area contributed by atoms with Crippen molar-refractivity contribution in [3.05, 3.63) is 11.5 Å². The van der Waals surface area contributed by atoms with Gasteiger partial charge in [0.2, 0.25) is 5.91 Å². The molecule has 1 heterocycles. The van der Waals surface area contributed by atoms with Crippen LogP contribution in [0.25, 0.3) is 0 Å². The van der Waals surface area contributed by atoms with E-state index in [1.807, 2.05) is 0 Å². The fourth-order valence-corrected chi connectivity index (χ4v) is 2.51. The van der Waals surface area contributed by atoms with Crippen LogP contribution in [0.15, 0.2) is 11.5 Å². The van der Waals surface area contributed by atoms with E-state index in [1.54, 1.807) is 6.92 Å².